The van der Waals surface area contributed by atoms with Gasteiger partial charge in [0.2, 0.25) is 5.91 Å². The molecule has 1 amide bonds. The van der Waals surface area contributed by atoms with Crippen molar-refractivity contribution in [2.75, 3.05) is 46.0 Å². The van der Waals surface area contributed by atoms with Crippen LogP contribution in [0.1, 0.15) is 18.9 Å². The number of hydrogen-bond donors (Lipinski definition) is 1. The Balaban J connectivity index is 1.47. The first-order valence-corrected chi connectivity index (χ1v) is 9.07. The molecule has 1 aromatic rings. The molecule has 0 radical (unpaired) electrons. The molecule has 4 rings (SSSR count). The molecule has 3 aliphatic rings. The van der Waals surface area contributed by atoms with Gasteiger partial charge in [0.05, 0.1) is 6.61 Å². The van der Waals surface area contributed by atoms with Gasteiger partial charge >= 0.3 is 0 Å². The fourth-order valence-electron chi connectivity index (χ4n) is 4.50. The van der Waals surface area contributed by atoms with E-state index in [1.807, 2.05) is 11.0 Å². The number of aliphatic hydroxyl groups excluding tert-OH is 1. The van der Waals surface area contributed by atoms with Gasteiger partial charge in [-0.25, -0.2) is 0 Å². The zero-order chi connectivity index (χ0) is 17.4. The first kappa shape index (κ1) is 16.7. The van der Waals surface area contributed by atoms with Crippen LogP contribution in [-0.4, -0.2) is 66.8 Å². The number of carbonyl (C=O) groups is 1. The van der Waals surface area contributed by atoms with E-state index in [9.17, 15) is 9.90 Å². The number of likely N-dealkylation sites (tertiary alicyclic amines) is 2. The van der Waals surface area contributed by atoms with Gasteiger partial charge in [0.25, 0.3) is 0 Å². The van der Waals surface area contributed by atoms with E-state index in [1.54, 1.807) is 6.92 Å². The summed E-state index contributed by atoms with van der Waals surface area (Å²) in [6.07, 6.45) is 0.880. The maximum Gasteiger partial charge on any atom is 0.219 e. The van der Waals surface area contributed by atoms with Crippen LogP contribution in [0.4, 0.5) is 0 Å². The van der Waals surface area contributed by atoms with E-state index in [4.69, 9.17) is 9.47 Å². The predicted octanol–water partition coefficient (Wildman–Crippen LogP) is 1.12. The molecule has 2 fully saturated rings. The molecule has 0 saturated carbocycles. The van der Waals surface area contributed by atoms with Crippen molar-refractivity contribution >= 4 is 5.91 Å². The summed E-state index contributed by atoms with van der Waals surface area (Å²) in [5.74, 6) is 2.11. The lowest BCUT2D eigenvalue weighted by Gasteiger charge is -2.42. The summed E-state index contributed by atoms with van der Waals surface area (Å²) in [6.45, 7) is 7.16. The Morgan fingerprint density at radius 2 is 2.08 bits per heavy atom. The fraction of sp³-hybridized carbons (Fsp3) is 0.632. The number of aliphatic hydroxyl groups is 1. The van der Waals surface area contributed by atoms with E-state index in [0.717, 1.165) is 50.6 Å². The lowest BCUT2D eigenvalue weighted by molar-refractivity contribution is -0.133. The Morgan fingerprint density at radius 3 is 2.84 bits per heavy atom. The summed E-state index contributed by atoms with van der Waals surface area (Å²) in [5.41, 5.74) is 1.12. The first-order valence-electron chi connectivity index (χ1n) is 9.07. The Labute approximate surface area is 148 Å². The van der Waals surface area contributed by atoms with E-state index in [-0.39, 0.29) is 17.9 Å². The van der Waals surface area contributed by atoms with Crippen molar-refractivity contribution in [1.82, 2.24) is 9.80 Å². The number of rotatable bonds is 3. The van der Waals surface area contributed by atoms with E-state index in [1.165, 1.54) is 5.56 Å². The number of nitrogens with zero attached hydrogens (tertiary/aromatic N) is 2. The van der Waals surface area contributed by atoms with Crippen LogP contribution in [0.15, 0.2) is 18.2 Å². The van der Waals surface area contributed by atoms with Crippen molar-refractivity contribution in [3.05, 3.63) is 23.8 Å². The summed E-state index contributed by atoms with van der Waals surface area (Å²) in [6, 6.07) is 6.12. The molecule has 0 bridgehead atoms. The number of carbonyl (C=O) groups excluding carboxylic acids is 1. The SMILES string of the molecule is CC(=O)N1CC[C@@]2(CO)CN(Cc3ccc4c(c3)OCCO4)C[C@H]2C1. The average molecular weight is 346 g/mol. The van der Waals surface area contributed by atoms with Crippen LogP contribution in [0.5, 0.6) is 11.5 Å². The van der Waals surface area contributed by atoms with Crippen LogP contribution < -0.4 is 9.47 Å². The molecule has 2 saturated heterocycles. The van der Waals surface area contributed by atoms with E-state index in [2.05, 4.69) is 17.0 Å². The van der Waals surface area contributed by atoms with E-state index in [0.29, 0.717) is 19.1 Å². The Kier molecular flexibility index (Phi) is 4.33. The molecule has 25 heavy (non-hydrogen) atoms. The van der Waals surface area contributed by atoms with Crippen molar-refractivity contribution in [1.29, 1.82) is 0 Å². The standard InChI is InChI=1S/C19H26N2O4/c1-14(23)21-5-4-19(13-22)12-20(10-16(19)11-21)9-15-2-3-17-18(8-15)25-7-6-24-17/h2-3,8,16,22H,4-7,9-13H2,1H3/t16-,19-/m0/s1. The number of hydrogen-bond acceptors (Lipinski definition) is 5. The molecule has 2 atom stereocenters. The highest BCUT2D eigenvalue weighted by Crippen LogP contribution is 2.43. The first-order chi connectivity index (χ1) is 12.1. The minimum atomic E-state index is -0.0697. The molecular weight excluding hydrogens is 320 g/mol. The molecule has 0 aliphatic carbocycles. The van der Waals surface area contributed by atoms with Gasteiger partial charge in [-0.3, -0.25) is 9.69 Å². The number of fused-ring (bicyclic) bond motifs is 2. The molecule has 3 heterocycles. The fourth-order valence-corrected chi connectivity index (χ4v) is 4.50. The molecular formula is C19H26N2O4. The van der Waals surface area contributed by atoms with Crippen molar-refractivity contribution < 1.29 is 19.4 Å². The number of ether oxygens (including phenoxy) is 2. The Hall–Kier alpha value is -1.79. The lowest BCUT2D eigenvalue weighted by atomic mass is 9.73. The largest absolute Gasteiger partial charge is 0.486 e. The number of amides is 1. The summed E-state index contributed by atoms with van der Waals surface area (Å²) in [4.78, 5) is 16.0. The topological polar surface area (TPSA) is 62.2 Å². The Morgan fingerprint density at radius 1 is 1.28 bits per heavy atom. The van der Waals surface area contributed by atoms with E-state index < -0.39 is 0 Å². The predicted molar refractivity (Wildman–Crippen MR) is 92.6 cm³/mol. The van der Waals surface area contributed by atoms with Gasteiger partial charge in [-0.15, -0.1) is 0 Å². The van der Waals surface area contributed by atoms with E-state index >= 15 is 0 Å². The van der Waals surface area contributed by atoms with Gasteiger partial charge in [-0.2, -0.15) is 0 Å². The normalized spacial score (nSPS) is 28.7. The van der Waals surface area contributed by atoms with Crippen LogP contribution >= 0.6 is 0 Å². The monoisotopic (exact) mass is 346 g/mol. The van der Waals surface area contributed by atoms with Gasteiger partial charge in [0.15, 0.2) is 11.5 Å². The van der Waals surface area contributed by atoms with Gasteiger partial charge in [0, 0.05) is 45.1 Å². The summed E-state index contributed by atoms with van der Waals surface area (Å²) < 4.78 is 11.3. The second-order valence-corrected chi connectivity index (χ2v) is 7.58. The van der Waals surface area contributed by atoms with Crippen LogP contribution in [0.2, 0.25) is 0 Å². The van der Waals surface area contributed by atoms with Crippen LogP contribution in [0.25, 0.3) is 0 Å². The zero-order valence-corrected chi connectivity index (χ0v) is 14.7. The maximum atomic E-state index is 11.7. The molecule has 3 aliphatic heterocycles. The molecule has 1 N–H and O–H groups in total. The summed E-state index contributed by atoms with van der Waals surface area (Å²) in [7, 11) is 0. The van der Waals surface area contributed by atoms with Gasteiger partial charge in [0.1, 0.15) is 13.2 Å². The minimum absolute atomic E-state index is 0.0697. The highest BCUT2D eigenvalue weighted by atomic mass is 16.6. The highest BCUT2D eigenvalue weighted by molar-refractivity contribution is 5.73. The van der Waals surface area contributed by atoms with Crippen molar-refractivity contribution in [3.63, 3.8) is 0 Å². The number of benzene rings is 1. The molecule has 0 unspecified atom stereocenters. The van der Waals surface area contributed by atoms with Crippen molar-refractivity contribution in [2.45, 2.75) is 19.9 Å². The molecule has 6 heteroatoms. The highest BCUT2D eigenvalue weighted by Gasteiger charge is 2.49. The third-order valence-electron chi connectivity index (χ3n) is 5.98. The van der Waals surface area contributed by atoms with Crippen molar-refractivity contribution in [2.24, 2.45) is 11.3 Å². The maximum absolute atomic E-state index is 11.7. The Bertz CT molecular complexity index is 665. The average Bonchev–Trinajstić information content (AvgIpc) is 2.99. The molecule has 0 aromatic heterocycles. The van der Waals surface area contributed by atoms with Crippen LogP contribution in [0.3, 0.4) is 0 Å². The second kappa shape index (κ2) is 6.50. The summed E-state index contributed by atoms with van der Waals surface area (Å²) >= 11 is 0. The molecule has 6 nitrogen and oxygen atoms in total. The number of piperidine rings is 1. The minimum Gasteiger partial charge on any atom is -0.486 e. The van der Waals surface area contributed by atoms with Crippen molar-refractivity contribution in [3.8, 4) is 11.5 Å². The lowest BCUT2D eigenvalue weighted by Crippen LogP contribution is -2.50. The zero-order valence-electron chi connectivity index (χ0n) is 14.7. The van der Waals surface area contributed by atoms with Crippen LogP contribution in [-0.2, 0) is 11.3 Å². The second-order valence-electron chi connectivity index (χ2n) is 7.58. The smallest absolute Gasteiger partial charge is 0.219 e. The molecule has 136 valence electrons. The van der Waals surface area contributed by atoms with Crippen LogP contribution in [0, 0.1) is 11.3 Å². The third-order valence-corrected chi connectivity index (χ3v) is 5.98. The summed E-state index contributed by atoms with van der Waals surface area (Å²) in [5, 5.41) is 10.1. The quantitative estimate of drug-likeness (QED) is 0.889. The van der Waals surface area contributed by atoms with Gasteiger partial charge in [-0.05, 0) is 30.0 Å². The third kappa shape index (κ3) is 3.09. The van der Waals surface area contributed by atoms with Gasteiger partial charge in [-0.1, -0.05) is 6.07 Å². The van der Waals surface area contributed by atoms with Gasteiger partial charge < -0.3 is 19.5 Å². The molecule has 1 aromatic carbocycles. The molecule has 0 spiro atoms.